The van der Waals surface area contributed by atoms with Crippen molar-refractivity contribution in [3.63, 3.8) is 0 Å². The van der Waals surface area contributed by atoms with Crippen LogP contribution in [0.15, 0.2) is 17.6 Å². The van der Waals surface area contributed by atoms with Crippen LogP contribution < -0.4 is 11.1 Å². The maximum absolute atomic E-state index is 10.1. The molecule has 1 rings (SSSR count). The number of nitrogens with zero attached hydrogens (tertiary/aromatic N) is 1. The maximum atomic E-state index is 10.1. The number of aliphatic imine (C=N–C) groups is 1. The molecule has 0 atom stereocenters. The molecule has 0 bridgehead atoms. The number of aliphatic hydroxyl groups is 1. The second-order valence-corrected chi connectivity index (χ2v) is 4.02. The van der Waals surface area contributed by atoms with Gasteiger partial charge in [-0.3, -0.25) is 4.99 Å². The first kappa shape index (κ1) is 13.0. The van der Waals surface area contributed by atoms with Crippen LogP contribution in [0.4, 0.5) is 0 Å². The van der Waals surface area contributed by atoms with E-state index in [1.54, 1.807) is 6.08 Å². The Morgan fingerprint density at radius 2 is 2.25 bits per heavy atom. The van der Waals surface area contributed by atoms with Gasteiger partial charge in [0.1, 0.15) is 0 Å². The van der Waals surface area contributed by atoms with Crippen molar-refractivity contribution in [2.24, 2.45) is 10.7 Å². The number of nitrogens with one attached hydrogen (secondary N) is 1. The Kier molecular flexibility index (Phi) is 5.28. The van der Waals surface area contributed by atoms with E-state index in [1.165, 1.54) is 0 Å². The van der Waals surface area contributed by atoms with Crippen LogP contribution in [0.2, 0.25) is 0 Å². The standard InChI is InChI=1S/C11H21N3O2/c1-2-6-13-10(12)14-7-3-11(15)4-8-16-9-5-11/h2,15H,1,3-9H2,(H3,12,13,14). The summed E-state index contributed by atoms with van der Waals surface area (Å²) in [6, 6.07) is 0. The average molecular weight is 227 g/mol. The molecule has 0 spiro atoms. The Balaban J connectivity index is 2.24. The number of ether oxygens (including phenoxy) is 1. The van der Waals surface area contributed by atoms with Crippen LogP contribution in [-0.4, -0.2) is 43.0 Å². The van der Waals surface area contributed by atoms with E-state index in [0.29, 0.717) is 51.5 Å². The van der Waals surface area contributed by atoms with Gasteiger partial charge in [-0.15, -0.1) is 6.58 Å². The van der Waals surface area contributed by atoms with Crippen LogP contribution in [-0.2, 0) is 4.74 Å². The van der Waals surface area contributed by atoms with Crippen molar-refractivity contribution in [1.29, 1.82) is 0 Å². The number of guanidine groups is 1. The quantitative estimate of drug-likeness (QED) is 0.351. The van der Waals surface area contributed by atoms with E-state index in [0.717, 1.165) is 0 Å². The molecule has 16 heavy (non-hydrogen) atoms. The maximum Gasteiger partial charge on any atom is 0.188 e. The lowest BCUT2D eigenvalue weighted by Gasteiger charge is -2.31. The van der Waals surface area contributed by atoms with Gasteiger partial charge in [0.25, 0.3) is 0 Å². The SMILES string of the molecule is C=CCNC(N)=NCCC1(O)CCOCC1. The summed E-state index contributed by atoms with van der Waals surface area (Å²) in [5, 5.41) is 13.0. The monoisotopic (exact) mass is 227 g/mol. The van der Waals surface area contributed by atoms with Gasteiger partial charge >= 0.3 is 0 Å². The molecule has 0 unspecified atom stereocenters. The van der Waals surface area contributed by atoms with E-state index in [9.17, 15) is 5.11 Å². The van der Waals surface area contributed by atoms with Gasteiger partial charge in [-0.2, -0.15) is 0 Å². The minimum Gasteiger partial charge on any atom is -0.390 e. The van der Waals surface area contributed by atoms with Crippen molar-refractivity contribution in [2.45, 2.75) is 24.9 Å². The van der Waals surface area contributed by atoms with E-state index in [-0.39, 0.29) is 0 Å². The largest absolute Gasteiger partial charge is 0.390 e. The smallest absolute Gasteiger partial charge is 0.188 e. The van der Waals surface area contributed by atoms with Crippen LogP contribution in [0, 0.1) is 0 Å². The molecule has 0 aromatic carbocycles. The van der Waals surface area contributed by atoms with Gasteiger partial charge in [0.05, 0.1) is 5.60 Å². The molecule has 0 aliphatic carbocycles. The summed E-state index contributed by atoms with van der Waals surface area (Å²) in [5.41, 5.74) is 4.98. The fourth-order valence-corrected chi connectivity index (χ4v) is 1.62. The summed E-state index contributed by atoms with van der Waals surface area (Å²) in [6.45, 7) is 5.97. The van der Waals surface area contributed by atoms with Crippen LogP contribution in [0.25, 0.3) is 0 Å². The first-order valence-corrected chi connectivity index (χ1v) is 5.61. The molecule has 0 amide bonds. The number of nitrogens with two attached hydrogens (primary N) is 1. The molecule has 92 valence electrons. The first-order valence-electron chi connectivity index (χ1n) is 5.61. The van der Waals surface area contributed by atoms with Crippen molar-refractivity contribution >= 4 is 5.96 Å². The predicted octanol–water partition coefficient (Wildman–Crippen LogP) is 0.00830. The molecule has 0 saturated carbocycles. The Labute approximate surface area is 96.4 Å². The van der Waals surface area contributed by atoms with Gasteiger partial charge in [0, 0.05) is 26.3 Å². The Bertz CT molecular complexity index is 248. The van der Waals surface area contributed by atoms with E-state index in [2.05, 4.69) is 16.9 Å². The molecule has 0 aromatic rings. The fourth-order valence-electron chi connectivity index (χ4n) is 1.62. The lowest BCUT2D eigenvalue weighted by atomic mass is 9.91. The van der Waals surface area contributed by atoms with Crippen molar-refractivity contribution in [1.82, 2.24) is 5.32 Å². The van der Waals surface area contributed by atoms with Crippen LogP contribution >= 0.6 is 0 Å². The molecule has 1 saturated heterocycles. The van der Waals surface area contributed by atoms with Gasteiger partial charge < -0.3 is 20.9 Å². The topological polar surface area (TPSA) is 79.9 Å². The number of hydrogen-bond acceptors (Lipinski definition) is 3. The van der Waals surface area contributed by atoms with Crippen molar-refractivity contribution in [2.75, 3.05) is 26.3 Å². The lowest BCUT2D eigenvalue weighted by Crippen LogP contribution is -2.37. The van der Waals surface area contributed by atoms with E-state index in [4.69, 9.17) is 10.5 Å². The lowest BCUT2D eigenvalue weighted by molar-refractivity contribution is -0.0662. The highest BCUT2D eigenvalue weighted by atomic mass is 16.5. The molecular formula is C11H21N3O2. The van der Waals surface area contributed by atoms with E-state index < -0.39 is 5.60 Å². The molecule has 5 heteroatoms. The third-order valence-corrected chi connectivity index (χ3v) is 2.71. The highest BCUT2D eigenvalue weighted by molar-refractivity contribution is 5.77. The Morgan fingerprint density at radius 3 is 2.88 bits per heavy atom. The minimum atomic E-state index is -0.625. The third kappa shape index (κ3) is 4.63. The van der Waals surface area contributed by atoms with Gasteiger partial charge in [-0.1, -0.05) is 6.08 Å². The van der Waals surface area contributed by atoms with Gasteiger partial charge in [0.15, 0.2) is 5.96 Å². The average Bonchev–Trinajstić information content (AvgIpc) is 2.27. The highest BCUT2D eigenvalue weighted by Crippen LogP contribution is 2.23. The second-order valence-electron chi connectivity index (χ2n) is 4.02. The van der Waals surface area contributed by atoms with Gasteiger partial charge in [0.2, 0.25) is 0 Å². The molecule has 0 aromatic heterocycles. The molecule has 1 fully saturated rings. The summed E-state index contributed by atoms with van der Waals surface area (Å²) in [4.78, 5) is 4.14. The van der Waals surface area contributed by atoms with Crippen molar-refractivity contribution < 1.29 is 9.84 Å². The molecule has 1 aliphatic rings. The molecule has 1 heterocycles. The summed E-state index contributed by atoms with van der Waals surface area (Å²) in [7, 11) is 0. The molecule has 5 nitrogen and oxygen atoms in total. The van der Waals surface area contributed by atoms with Crippen LogP contribution in [0.1, 0.15) is 19.3 Å². The van der Waals surface area contributed by atoms with E-state index in [1.807, 2.05) is 0 Å². The number of rotatable bonds is 5. The second kappa shape index (κ2) is 6.50. The van der Waals surface area contributed by atoms with Crippen LogP contribution in [0.3, 0.4) is 0 Å². The summed E-state index contributed by atoms with van der Waals surface area (Å²) >= 11 is 0. The van der Waals surface area contributed by atoms with Gasteiger partial charge in [-0.05, 0) is 19.3 Å². The zero-order valence-electron chi connectivity index (χ0n) is 9.61. The summed E-state index contributed by atoms with van der Waals surface area (Å²) in [6.07, 6.45) is 3.71. The molecular weight excluding hydrogens is 206 g/mol. The van der Waals surface area contributed by atoms with Gasteiger partial charge in [-0.25, -0.2) is 0 Å². The summed E-state index contributed by atoms with van der Waals surface area (Å²) < 4.78 is 5.20. The first-order chi connectivity index (χ1) is 7.66. The van der Waals surface area contributed by atoms with Crippen molar-refractivity contribution in [3.8, 4) is 0 Å². The normalized spacial score (nSPS) is 20.4. The fraction of sp³-hybridized carbons (Fsp3) is 0.727. The zero-order valence-corrected chi connectivity index (χ0v) is 9.61. The zero-order chi connectivity index (χ0) is 11.9. The highest BCUT2D eigenvalue weighted by Gasteiger charge is 2.28. The molecule has 0 radical (unpaired) electrons. The minimum absolute atomic E-state index is 0.399. The van der Waals surface area contributed by atoms with E-state index >= 15 is 0 Å². The van der Waals surface area contributed by atoms with Crippen molar-refractivity contribution in [3.05, 3.63) is 12.7 Å². The third-order valence-electron chi connectivity index (χ3n) is 2.71. The summed E-state index contributed by atoms with van der Waals surface area (Å²) in [5.74, 6) is 0.399. The Hall–Kier alpha value is -1.07. The van der Waals surface area contributed by atoms with Crippen LogP contribution in [0.5, 0.6) is 0 Å². The molecule has 1 aliphatic heterocycles. The number of hydrogen-bond donors (Lipinski definition) is 3. The Morgan fingerprint density at radius 1 is 1.56 bits per heavy atom. The predicted molar refractivity (Wildman–Crippen MR) is 64.3 cm³/mol. The molecule has 4 N–H and O–H groups in total.